The van der Waals surface area contributed by atoms with E-state index in [0.717, 1.165) is 32.4 Å². The van der Waals surface area contributed by atoms with Crippen LogP contribution in [0.4, 0.5) is 0 Å². The second-order valence-electron chi connectivity index (χ2n) is 4.79. The Bertz CT molecular complexity index is 336. The van der Waals surface area contributed by atoms with Gasteiger partial charge in [-0.3, -0.25) is 4.79 Å². The molecule has 0 radical (unpaired) electrons. The second-order valence-corrected chi connectivity index (χ2v) is 5.83. The number of rotatable bonds is 8. The lowest BCUT2D eigenvalue weighted by atomic mass is 10.1. The molecule has 0 saturated carbocycles. The first-order chi connectivity index (χ1) is 8.65. The second kappa shape index (κ2) is 8.27. The highest BCUT2D eigenvalue weighted by Crippen LogP contribution is 2.15. The largest absolute Gasteiger partial charge is 0.335 e. The topological polar surface area (TPSA) is 46.3 Å². The molecule has 1 aromatic rings. The molecule has 1 amide bonds. The number of carbonyl (C=O) groups is 1. The van der Waals surface area contributed by atoms with Gasteiger partial charge >= 0.3 is 0 Å². The summed E-state index contributed by atoms with van der Waals surface area (Å²) in [5.74, 6) is 0.260. The molecule has 0 fully saturated rings. The van der Waals surface area contributed by atoms with Crippen molar-refractivity contribution in [3.8, 4) is 0 Å². The van der Waals surface area contributed by atoms with Crippen LogP contribution in [-0.4, -0.2) is 23.4 Å². The maximum atomic E-state index is 12.2. The Kier molecular flexibility index (Phi) is 6.98. The Morgan fingerprint density at radius 3 is 2.72 bits per heavy atom. The van der Waals surface area contributed by atoms with E-state index >= 15 is 0 Å². The molecular formula is C14H24N2OS. The summed E-state index contributed by atoms with van der Waals surface area (Å²) in [7, 11) is 0. The highest BCUT2D eigenvalue weighted by atomic mass is 32.1. The first-order valence-electron chi connectivity index (χ1n) is 6.67. The number of carbonyl (C=O) groups excluding carboxylic acids is 1. The van der Waals surface area contributed by atoms with Crippen LogP contribution in [0.2, 0.25) is 0 Å². The minimum absolute atomic E-state index is 0.258. The van der Waals surface area contributed by atoms with Gasteiger partial charge in [-0.05, 0) is 44.7 Å². The third-order valence-electron chi connectivity index (χ3n) is 2.94. The Morgan fingerprint density at radius 2 is 2.17 bits per heavy atom. The summed E-state index contributed by atoms with van der Waals surface area (Å²) in [4.78, 5) is 15.4. The van der Waals surface area contributed by atoms with Gasteiger partial charge in [-0.15, -0.1) is 11.3 Å². The third-order valence-corrected chi connectivity index (χ3v) is 3.81. The van der Waals surface area contributed by atoms with Gasteiger partial charge in [-0.25, -0.2) is 0 Å². The molecule has 0 aliphatic heterocycles. The maximum absolute atomic E-state index is 12.2. The van der Waals surface area contributed by atoms with E-state index in [0.29, 0.717) is 6.42 Å². The molecule has 3 nitrogen and oxygen atoms in total. The van der Waals surface area contributed by atoms with Gasteiger partial charge < -0.3 is 10.6 Å². The van der Waals surface area contributed by atoms with Crippen molar-refractivity contribution in [2.75, 3.05) is 6.54 Å². The molecule has 2 N–H and O–H groups in total. The molecule has 1 heterocycles. The Hall–Kier alpha value is -0.870. The van der Waals surface area contributed by atoms with E-state index < -0.39 is 0 Å². The molecule has 102 valence electrons. The van der Waals surface area contributed by atoms with Crippen molar-refractivity contribution in [2.45, 2.75) is 52.1 Å². The average Bonchev–Trinajstić information content (AvgIpc) is 2.84. The minimum Gasteiger partial charge on any atom is -0.335 e. The van der Waals surface area contributed by atoms with Gasteiger partial charge in [0.15, 0.2) is 0 Å². The highest BCUT2D eigenvalue weighted by molar-refractivity contribution is 7.09. The molecule has 0 saturated heterocycles. The van der Waals surface area contributed by atoms with Crippen molar-refractivity contribution in [2.24, 2.45) is 5.73 Å². The van der Waals surface area contributed by atoms with Crippen LogP contribution in [0.1, 0.15) is 44.4 Å². The Labute approximate surface area is 114 Å². The molecular weight excluding hydrogens is 244 g/mol. The van der Waals surface area contributed by atoms with E-state index in [1.807, 2.05) is 11.0 Å². The molecule has 0 aliphatic rings. The van der Waals surface area contributed by atoms with Crippen LogP contribution < -0.4 is 5.73 Å². The van der Waals surface area contributed by atoms with Gasteiger partial charge in [-0.1, -0.05) is 12.5 Å². The van der Waals surface area contributed by atoms with E-state index in [-0.39, 0.29) is 11.9 Å². The number of hydrogen-bond acceptors (Lipinski definition) is 3. The minimum atomic E-state index is 0.258. The molecule has 18 heavy (non-hydrogen) atoms. The molecule has 0 aromatic carbocycles. The summed E-state index contributed by atoms with van der Waals surface area (Å²) in [6, 6.07) is 4.38. The smallest absolute Gasteiger partial charge is 0.223 e. The fourth-order valence-corrected chi connectivity index (χ4v) is 2.57. The standard InChI is InChI=1S/C14H24N2OS/c1-12(2)16(11-13-7-6-10-18-13)14(17)8-4-3-5-9-15/h6-7,10,12H,3-5,8-9,11,15H2,1-2H3. The molecule has 0 unspecified atom stereocenters. The number of nitrogens with two attached hydrogens (primary N) is 1. The summed E-state index contributed by atoms with van der Waals surface area (Å²) in [5, 5.41) is 2.06. The van der Waals surface area contributed by atoms with Gasteiger partial charge in [0.25, 0.3) is 0 Å². The summed E-state index contributed by atoms with van der Waals surface area (Å²) in [6.45, 7) is 5.61. The van der Waals surface area contributed by atoms with Gasteiger partial charge in [0.1, 0.15) is 0 Å². The van der Waals surface area contributed by atoms with Crippen molar-refractivity contribution in [3.63, 3.8) is 0 Å². The lowest BCUT2D eigenvalue weighted by Gasteiger charge is -2.26. The van der Waals surface area contributed by atoms with Gasteiger partial charge in [0.2, 0.25) is 5.91 Å². The summed E-state index contributed by atoms with van der Waals surface area (Å²) < 4.78 is 0. The van der Waals surface area contributed by atoms with Crippen LogP contribution in [-0.2, 0) is 11.3 Å². The van der Waals surface area contributed by atoms with Crippen molar-refractivity contribution >= 4 is 17.2 Å². The predicted octanol–water partition coefficient (Wildman–Crippen LogP) is 3.00. The number of unbranched alkanes of at least 4 members (excludes halogenated alkanes) is 2. The molecule has 1 aromatic heterocycles. The van der Waals surface area contributed by atoms with E-state index in [4.69, 9.17) is 5.73 Å². The summed E-state index contributed by atoms with van der Waals surface area (Å²) in [5.41, 5.74) is 5.45. The molecule has 0 bridgehead atoms. The number of hydrogen-bond donors (Lipinski definition) is 1. The molecule has 0 aliphatic carbocycles. The van der Waals surface area contributed by atoms with E-state index in [1.54, 1.807) is 11.3 Å². The summed E-state index contributed by atoms with van der Waals surface area (Å²) >= 11 is 1.71. The van der Waals surface area contributed by atoms with Crippen LogP contribution in [0.3, 0.4) is 0 Å². The van der Waals surface area contributed by atoms with E-state index in [9.17, 15) is 4.79 Å². The van der Waals surface area contributed by atoms with Crippen molar-refractivity contribution < 1.29 is 4.79 Å². The Morgan fingerprint density at radius 1 is 1.39 bits per heavy atom. The zero-order chi connectivity index (χ0) is 13.4. The molecule has 1 rings (SSSR count). The lowest BCUT2D eigenvalue weighted by Crippen LogP contribution is -2.36. The molecule has 4 heteroatoms. The first-order valence-corrected chi connectivity index (χ1v) is 7.55. The normalized spacial score (nSPS) is 10.9. The predicted molar refractivity (Wildman–Crippen MR) is 77.5 cm³/mol. The van der Waals surface area contributed by atoms with Crippen molar-refractivity contribution in [3.05, 3.63) is 22.4 Å². The monoisotopic (exact) mass is 268 g/mol. The number of thiophene rings is 1. The highest BCUT2D eigenvalue weighted by Gasteiger charge is 2.16. The van der Waals surface area contributed by atoms with E-state index in [2.05, 4.69) is 25.3 Å². The first kappa shape index (κ1) is 15.2. The van der Waals surface area contributed by atoms with Gasteiger partial charge in [0.05, 0.1) is 6.54 Å². The van der Waals surface area contributed by atoms with Crippen LogP contribution in [0, 0.1) is 0 Å². The maximum Gasteiger partial charge on any atom is 0.223 e. The summed E-state index contributed by atoms with van der Waals surface area (Å²) in [6.07, 6.45) is 3.65. The van der Waals surface area contributed by atoms with Gasteiger partial charge in [-0.2, -0.15) is 0 Å². The zero-order valence-corrected chi connectivity index (χ0v) is 12.2. The quantitative estimate of drug-likeness (QED) is 0.737. The fourth-order valence-electron chi connectivity index (χ4n) is 1.87. The molecule has 0 spiro atoms. The zero-order valence-electron chi connectivity index (χ0n) is 11.4. The van der Waals surface area contributed by atoms with Crippen LogP contribution in [0.25, 0.3) is 0 Å². The SMILES string of the molecule is CC(C)N(Cc1cccs1)C(=O)CCCCCN. The van der Waals surface area contributed by atoms with Gasteiger partial charge in [0, 0.05) is 17.3 Å². The van der Waals surface area contributed by atoms with Crippen molar-refractivity contribution in [1.29, 1.82) is 0 Å². The van der Waals surface area contributed by atoms with Crippen LogP contribution in [0.15, 0.2) is 17.5 Å². The van der Waals surface area contributed by atoms with Crippen LogP contribution >= 0.6 is 11.3 Å². The molecule has 0 atom stereocenters. The van der Waals surface area contributed by atoms with E-state index in [1.165, 1.54) is 4.88 Å². The average molecular weight is 268 g/mol. The van der Waals surface area contributed by atoms with Crippen LogP contribution in [0.5, 0.6) is 0 Å². The number of amides is 1. The Balaban J connectivity index is 2.43. The van der Waals surface area contributed by atoms with Crippen molar-refractivity contribution in [1.82, 2.24) is 4.90 Å². The number of nitrogens with zero attached hydrogens (tertiary/aromatic N) is 1. The third kappa shape index (κ3) is 5.19. The fraction of sp³-hybridized carbons (Fsp3) is 0.643. The lowest BCUT2D eigenvalue weighted by molar-refractivity contribution is -0.133.